The van der Waals surface area contributed by atoms with Gasteiger partial charge in [-0.05, 0) is 24.1 Å². The quantitative estimate of drug-likeness (QED) is 0.802. The van der Waals surface area contributed by atoms with E-state index >= 15 is 0 Å². The summed E-state index contributed by atoms with van der Waals surface area (Å²) < 4.78 is 0. The molecule has 0 heterocycles. The number of aliphatic carboxylic acids is 1. The number of rotatable bonds is 4. The van der Waals surface area contributed by atoms with Crippen LogP contribution in [-0.4, -0.2) is 17.6 Å². The third kappa shape index (κ3) is 3.36. The van der Waals surface area contributed by atoms with Crippen LogP contribution in [0.3, 0.4) is 0 Å². The molecule has 1 rings (SSSR count). The van der Waals surface area contributed by atoms with Crippen LogP contribution in [0.5, 0.6) is 0 Å². The molecule has 0 saturated carbocycles. The summed E-state index contributed by atoms with van der Waals surface area (Å²) in [4.78, 5) is 10.2. The summed E-state index contributed by atoms with van der Waals surface area (Å²) in [6.07, 6.45) is 0. The average Bonchev–Trinajstić information content (AvgIpc) is 2.10. The Balaban J connectivity index is 2.51. The Hall–Kier alpha value is -1.06. The number of carbonyl (C=O) groups is 1. The van der Waals surface area contributed by atoms with Crippen LogP contribution < -0.4 is 5.32 Å². The topological polar surface area (TPSA) is 49.3 Å². The number of hydrogen-bond acceptors (Lipinski definition) is 2. The Kier molecular flexibility index (Phi) is 3.92. The van der Waals surface area contributed by atoms with E-state index in [0.29, 0.717) is 6.54 Å². The number of halogens is 1. The van der Waals surface area contributed by atoms with E-state index in [9.17, 15) is 4.79 Å². The lowest BCUT2D eigenvalue weighted by molar-refractivity contribution is -0.135. The predicted octanol–water partition coefficient (Wildman–Crippen LogP) is 1.82. The Morgan fingerprint density at radius 2 is 2.29 bits per heavy atom. The molecule has 4 heteroatoms. The van der Waals surface area contributed by atoms with Gasteiger partial charge >= 0.3 is 5.97 Å². The van der Waals surface area contributed by atoms with Crippen LogP contribution in [0, 0.1) is 6.92 Å². The number of benzene rings is 1. The molecule has 0 saturated heterocycles. The zero-order valence-electron chi connectivity index (χ0n) is 7.88. The Morgan fingerprint density at radius 3 is 2.86 bits per heavy atom. The number of carboxylic acid groups (broad SMARTS) is 1. The number of carboxylic acids is 1. The second-order valence-corrected chi connectivity index (χ2v) is 3.49. The first-order valence-corrected chi connectivity index (χ1v) is 4.65. The van der Waals surface area contributed by atoms with Crippen LogP contribution in [0.25, 0.3) is 0 Å². The van der Waals surface area contributed by atoms with Gasteiger partial charge in [-0.3, -0.25) is 4.79 Å². The van der Waals surface area contributed by atoms with E-state index in [4.69, 9.17) is 16.7 Å². The highest BCUT2D eigenvalue weighted by atomic mass is 35.5. The molecule has 0 atom stereocenters. The predicted molar refractivity (Wildman–Crippen MR) is 55.5 cm³/mol. The Morgan fingerprint density at radius 1 is 1.57 bits per heavy atom. The first-order valence-electron chi connectivity index (χ1n) is 4.27. The monoisotopic (exact) mass is 213 g/mol. The maximum absolute atomic E-state index is 10.2. The van der Waals surface area contributed by atoms with Gasteiger partial charge in [0.1, 0.15) is 0 Å². The van der Waals surface area contributed by atoms with Crippen molar-refractivity contribution in [2.75, 3.05) is 6.54 Å². The molecule has 76 valence electrons. The fourth-order valence-corrected chi connectivity index (χ4v) is 1.25. The molecule has 0 amide bonds. The van der Waals surface area contributed by atoms with Gasteiger partial charge in [-0.1, -0.05) is 23.7 Å². The summed E-state index contributed by atoms with van der Waals surface area (Å²) in [5.41, 5.74) is 2.04. The van der Waals surface area contributed by atoms with Crippen molar-refractivity contribution in [1.29, 1.82) is 0 Å². The summed E-state index contributed by atoms with van der Waals surface area (Å²) in [5, 5.41) is 11.9. The maximum Gasteiger partial charge on any atom is 0.317 e. The Bertz CT molecular complexity index is 339. The molecular weight excluding hydrogens is 202 g/mol. The maximum atomic E-state index is 10.2. The van der Waals surface area contributed by atoms with Crippen LogP contribution in [0.4, 0.5) is 0 Å². The standard InChI is InChI=1S/C10H12ClNO2/c1-7-4-8(2-3-9(7)11)5-12-6-10(13)14/h2-4,12H,5-6H2,1H3,(H,13,14). The minimum absolute atomic E-state index is 0.0261. The minimum Gasteiger partial charge on any atom is -0.480 e. The van der Waals surface area contributed by atoms with Crippen molar-refractivity contribution in [3.05, 3.63) is 34.3 Å². The van der Waals surface area contributed by atoms with Crippen molar-refractivity contribution in [1.82, 2.24) is 5.32 Å². The largest absolute Gasteiger partial charge is 0.480 e. The highest BCUT2D eigenvalue weighted by molar-refractivity contribution is 6.31. The third-order valence-corrected chi connectivity index (χ3v) is 2.25. The van der Waals surface area contributed by atoms with Crippen molar-refractivity contribution in [2.24, 2.45) is 0 Å². The van der Waals surface area contributed by atoms with E-state index in [1.807, 2.05) is 25.1 Å². The minimum atomic E-state index is -0.851. The summed E-state index contributed by atoms with van der Waals surface area (Å²) >= 11 is 5.85. The van der Waals surface area contributed by atoms with Gasteiger partial charge < -0.3 is 10.4 Å². The van der Waals surface area contributed by atoms with Gasteiger partial charge in [0.25, 0.3) is 0 Å². The molecule has 0 bridgehead atoms. The van der Waals surface area contributed by atoms with Crippen LogP contribution in [0.15, 0.2) is 18.2 Å². The lowest BCUT2D eigenvalue weighted by Crippen LogP contribution is -2.21. The van der Waals surface area contributed by atoms with Crippen LogP contribution in [0.2, 0.25) is 5.02 Å². The molecule has 0 aromatic heterocycles. The fraction of sp³-hybridized carbons (Fsp3) is 0.300. The molecule has 0 aliphatic heterocycles. The second kappa shape index (κ2) is 4.98. The molecule has 0 radical (unpaired) electrons. The average molecular weight is 214 g/mol. The van der Waals surface area contributed by atoms with Gasteiger partial charge in [-0.15, -0.1) is 0 Å². The van der Waals surface area contributed by atoms with Crippen molar-refractivity contribution in [2.45, 2.75) is 13.5 Å². The summed E-state index contributed by atoms with van der Waals surface area (Å²) in [5.74, 6) is -0.851. The van der Waals surface area contributed by atoms with E-state index in [-0.39, 0.29) is 6.54 Å². The zero-order chi connectivity index (χ0) is 10.6. The first-order chi connectivity index (χ1) is 6.59. The fourth-order valence-electron chi connectivity index (χ4n) is 1.13. The molecule has 0 unspecified atom stereocenters. The number of aryl methyl sites for hydroxylation is 1. The SMILES string of the molecule is Cc1cc(CNCC(=O)O)ccc1Cl. The number of hydrogen-bond donors (Lipinski definition) is 2. The summed E-state index contributed by atoms with van der Waals surface area (Å²) in [6.45, 7) is 2.44. The van der Waals surface area contributed by atoms with Gasteiger partial charge in [0, 0.05) is 11.6 Å². The second-order valence-electron chi connectivity index (χ2n) is 3.08. The van der Waals surface area contributed by atoms with Crippen molar-refractivity contribution in [3.63, 3.8) is 0 Å². The van der Waals surface area contributed by atoms with Gasteiger partial charge in [-0.25, -0.2) is 0 Å². The molecule has 14 heavy (non-hydrogen) atoms. The van der Waals surface area contributed by atoms with Crippen LogP contribution >= 0.6 is 11.6 Å². The zero-order valence-corrected chi connectivity index (χ0v) is 8.64. The molecule has 2 N–H and O–H groups in total. The third-order valence-electron chi connectivity index (χ3n) is 1.83. The summed E-state index contributed by atoms with van der Waals surface area (Å²) in [6, 6.07) is 5.63. The lowest BCUT2D eigenvalue weighted by atomic mass is 10.1. The van der Waals surface area contributed by atoms with Crippen molar-refractivity contribution >= 4 is 17.6 Å². The molecule has 1 aromatic carbocycles. The Labute approximate surface area is 87.7 Å². The normalized spacial score (nSPS) is 10.1. The summed E-state index contributed by atoms with van der Waals surface area (Å²) in [7, 11) is 0. The molecule has 0 fully saturated rings. The van der Waals surface area contributed by atoms with Crippen LogP contribution in [0.1, 0.15) is 11.1 Å². The van der Waals surface area contributed by atoms with Crippen LogP contribution in [-0.2, 0) is 11.3 Å². The molecule has 3 nitrogen and oxygen atoms in total. The van der Waals surface area contributed by atoms with E-state index in [0.717, 1.165) is 16.1 Å². The van der Waals surface area contributed by atoms with Gasteiger partial charge in [0.05, 0.1) is 6.54 Å². The molecule has 1 aromatic rings. The van der Waals surface area contributed by atoms with Crippen molar-refractivity contribution in [3.8, 4) is 0 Å². The van der Waals surface area contributed by atoms with E-state index in [1.54, 1.807) is 0 Å². The highest BCUT2D eigenvalue weighted by Gasteiger charge is 1.99. The number of nitrogens with one attached hydrogen (secondary N) is 1. The van der Waals surface area contributed by atoms with Gasteiger partial charge in [0.2, 0.25) is 0 Å². The first kappa shape index (κ1) is 11.0. The smallest absolute Gasteiger partial charge is 0.317 e. The van der Waals surface area contributed by atoms with Gasteiger partial charge in [-0.2, -0.15) is 0 Å². The molecule has 0 aliphatic rings. The highest BCUT2D eigenvalue weighted by Crippen LogP contribution is 2.15. The molecule has 0 aliphatic carbocycles. The van der Waals surface area contributed by atoms with E-state index in [1.165, 1.54) is 0 Å². The molecular formula is C10H12ClNO2. The lowest BCUT2D eigenvalue weighted by Gasteiger charge is -2.04. The van der Waals surface area contributed by atoms with Crippen molar-refractivity contribution < 1.29 is 9.90 Å². The molecule has 0 spiro atoms. The van der Waals surface area contributed by atoms with Gasteiger partial charge in [0.15, 0.2) is 0 Å². The van der Waals surface area contributed by atoms with E-state index in [2.05, 4.69) is 5.32 Å². The van der Waals surface area contributed by atoms with E-state index < -0.39 is 5.97 Å².